The van der Waals surface area contributed by atoms with E-state index in [2.05, 4.69) is 30.8 Å². The number of nitrogens with one attached hydrogen (secondary N) is 2. The Morgan fingerprint density at radius 1 is 0.976 bits per heavy atom. The lowest BCUT2D eigenvalue weighted by Gasteiger charge is -2.27. The number of fused-ring (bicyclic) bond motifs is 1. The van der Waals surface area contributed by atoms with Crippen LogP contribution in [-0.4, -0.2) is 54.7 Å². The Morgan fingerprint density at radius 3 is 2.54 bits per heavy atom. The minimum atomic E-state index is -0.540. The van der Waals surface area contributed by atoms with E-state index in [4.69, 9.17) is 9.40 Å². The van der Waals surface area contributed by atoms with Crippen LogP contribution in [0.1, 0.15) is 41.5 Å². The number of hydrogen-bond acceptors (Lipinski definition) is 10. The van der Waals surface area contributed by atoms with Crippen LogP contribution in [0.2, 0.25) is 0 Å². The molecule has 5 heterocycles. The van der Waals surface area contributed by atoms with Crippen LogP contribution in [0.15, 0.2) is 83.7 Å². The lowest BCUT2D eigenvalue weighted by molar-refractivity contribution is 0.0688. The topological polar surface area (TPSA) is 142 Å². The predicted molar refractivity (Wildman–Crippen MR) is 153 cm³/mol. The van der Waals surface area contributed by atoms with Crippen molar-refractivity contribution in [2.75, 3.05) is 24.3 Å². The van der Waals surface area contributed by atoms with Gasteiger partial charge in [0.05, 0.1) is 46.3 Å². The number of pyridine rings is 3. The van der Waals surface area contributed by atoms with Crippen molar-refractivity contribution in [3.05, 3.63) is 96.1 Å². The molecular weight excluding hydrogens is 520 g/mol. The molecule has 0 radical (unpaired) electrons. The molecule has 1 aliphatic heterocycles. The molecule has 1 amide bonds. The number of anilines is 3. The average Bonchev–Trinajstić information content (AvgIpc) is 3.55. The van der Waals surface area contributed by atoms with Gasteiger partial charge in [0.15, 0.2) is 0 Å². The van der Waals surface area contributed by atoms with E-state index in [9.17, 15) is 9.90 Å². The van der Waals surface area contributed by atoms with Crippen molar-refractivity contribution in [2.24, 2.45) is 0 Å². The summed E-state index contributed by atoms with van der Waals surface area (Å²) < 4.78 is 5.99. The normalized spacial score (nSPS) is 14.5. The highest BCUT2D eigenvalue weighted by Gasteiger charge is 2.42. The van der Waals surface area contributed by atoms with Crippen LogP contribution >= 0.6 is 0 Å². The second kappa shape index (κ2) is 10.4. The molecule has 5 aromatic rings. The summed E-state index contributed by atoms with van der Waals surface area (Å²) in [6, 6.07) is 18.2. The van der Waals surface area contributed by atoms with Gasteiger partial charge in [-0.25, -0.2) is 9.97 Å². The average molecular weight is 549 g/mol. The zero-order valence-corrected chi connectivity index (χ0v) is 22.7. The van der Waals surface area contributed by atoms with E-state index in [1.807, 2.05) is 50.2 Å². The molecule has 4 aromatic heterocycles. The van der Waals surface area contributed by atoms with Gasteiger partial charge in [-0.05, 0) is 43.7 Å². The summed E-state index contributed by atoms with van der Waals surface area (Å²) in [7, 11) is 1.77. The molecular formula is C30H28N8O3. The van der Waals surface area contributed by atoms with Crippen LogP contribution in [0.5, 0.6) is 0 Å². The van der Waals surface area contributed by atoms with Crippen molar-refractivity contribution in [3.8, 4) is 22.9 Å². The number of aliphatic hydroxyl groups excluding tert-OH is 1. The molecule has 6 rings (SSSR count). The Bertz CT molecular complexity index is 1710. The quantitative estimate of drug-likeness (QED) is 0.247. The van der Waals surface area contributed by atoms with Gasteiger partial charge in [-0.1, -0.05) is 30.3 Å². The highest BCUT2D eigenvalue weighted by atomic mass is 16.4. The smallest absolute Gasteiger partial charge is 0.256 e. The van der Waals surface area contributed by atoms with E-state index in [0.717, 1.165) is 5.56 Å². The molecule has 0 unspecified atom stereocenters. The summed E-state index contributed by atoms with van der Waals surface area (Å²) in [5.41, 5.74) is 3.52. The zero-order chi connectivity index (χ0) is 28.6. The SMILES string of the molecule is CN1C(=O)c2ccc(Nc3cc(N[C@H](CO)c4ccccc4)c(-c4nnc(-c5cccnc5)o4)cn3)nc2C1(C)C. The standard InChI is InChI=1S/C30H28N8O3/c1-30(2)26-20(29(40)38(30)3)11-12-24(35-26)34-25-14-22(33-23(17-39)18-8-5-4-6-9-18)21(16-32-25)28-37-36-27(41-28)19-10-7-13-31-15-19/h4-16,23,39H,17H2,1-3H3,(H2,32,33,34,35)/t23-/m1/s1. The molecule has 11 nitrogen and oxygen atoms in total. The lowest BCUT2D eigenvalue weighted by Crippen LogP contribution is -2.35. The van der Waals surface area contributed by atoms with Crippen LogP contribution in [0.3, 0.4) is 0 Å². The Hall–Kier alpha value is -5.16. The van der Waals surface area contributed by atoms with Crippen molar-refractivity contribution in [3.63, 3.8) is 0 Å². The van der Waals surface area contributed by atoms with Crippen LogP contribution in [0, 0.1) is 0 Å². The second-order valence-electron chi connectivity index (χ2n) is 10.2. The molecule has 0 saturated heterocycles. The van der Waals surface area contributed by atoms with E-state index in [-0.39, 0.29) is 18.4 Å². The minimum absolute atomic E-state index is 0.0563. The van der Waals surface area contributed by atoms with Crippen molar-refractivity contribution in [1.29, 1.82) is 0 Å². The summed E-state index contributed by atoms with van der Waals surface area (Å²) in [4.78, 5) is 27.8. The van der Waals surface area contributed by atoms with Gasteiger partial charge in [-0.3, -0.25) is 9.78 Å². The third-order valence-corrected chi connectivity index (χ3v) is 7.29. The molecule has 1 aliphatic rings. The third kappa shape index (κ3) is 4.87. The molecule has 0 aliphatic carbocycles. The summed E-state index contributed by atoms with van der Waals surface area (Å²) in [5, 5.41) is 25.4. The van der Waals surface area contributed by atoms with Crippen LogP contribution in [0.25, 0.3) is 22.9 Å². The molecule has 0 spiro atoms. The molecule has 41 heavy (non-hydrogen) atoms. The minimum Gasteiger partial charge on any atom is -0.416 e. The van der Waals surface area contributed by atoms with Gasteiger partial charge in [-0.15, -0.1) is 10.2 Å². The number of nitrogens with zero attached hydrogens (tertiary/aromatic N) is 6. The number of amides is 1. The number of hydrogen-bond donors (Lipinski definition) is 3. The zero-order valence-electron chi connectivity index (χ0n) is 22.7. The Morgan fingerprint density at radius 2 is 1.78 bits per heavy atom. The molecule has 0 fully saturated rings. The molecule has 206 valence electrons. The van der Waals surface area contributed by atoms with Crippen molar-refractivity contribution < 1.29 is 14.3 Å². The number of carbonyl (C=O) groups excluding carboxylic acids is 1. The second-order valence-corrected chi connectivity index (χ2v) is 10.2. The highest BCUT2D eigenvalue weighted by molar-refractivity contribution is 5.99. The molecule has 11 heteroatoms. The predicted octanol–water partition coefficient (Wildman–Crippen LogP) is 4.80. The molecule has 1 atom stereocenters. The lowest BCUT2D eigenvalue weighted by atomic mass is 10.00. The van der Waals surface area contributed by atoms with Crippen molar-refractivity contribution in [2.45, 2.75) is 25.4 Å². The number of aliphatic hydroxyl groups is 1. The van der Waals surface area contributed by atoms with Gasteiger partial charge in [0.1, 0.15) is 11.6 Å². The number of aromatic nitrogens is 5. The number of benzene rings is 1. The van der Waals surface area contributed by atoms with E-state index < -0.39 is 11.6 Å². The maximum atomic E-state index is 12.6. The first-order valence-electron chi connectivity index (χ1n) is 13.1. The first-order valence-corrected chi connectivity index (χ1v) is 13.1. The van der Waals surface area contributed by atoms with E-state index >= 15 is 0 Å². The maximum absolute atomic E-state index is 12.6. The van der Waals surface area contributed by atoms with Gasteiger partial charge in [0.25, 0.3) is 11.8 Å². The van der Waals surface area contributed by atoms with E-state index in [0.29, 0.717) is 45.6 Å². The summed E-state index contributed by atoms with van der Waals surface area (Å²) in [6.07, 6.45) is 4.94. The maximum Gasteiger partial charge on any atom is 0.256 e. The highest BCUT2D eigenvalue weighted by Crippen LogP contribution is 2.38. The van der Waals surface area contributed by atoms with Crippen LogP contribution in [-0.2, 0) is 5.54 Å². The Labute approximate surface area is 236 Å². The van der Waals surface area contributed by atoms with E-state index in [1.54, 1.807) is 54.8 Å². The molecule has 1 aromatic carbocycles. The van der Waals surface area contributed by atoms with Gasteiger partial charge >= 0.3 is 0 Å². The number of carbonyl (C=O) groups is 1. The van der Waals surface area contributed by atoms with Crippen molar-refractivity contribution in [1.82, 2.24) is 30.0 Å². The van der Waals surface area contributed by atoms with Gasteiger partial charge in [-0.2, -0.15) is 0 Å². The van der Waals surface area contributed by atoms with Gasteiger partial charge in [0.2, 0.25) is 5.89 Å². The Balaban J connectivity index is 1.36. The molecule has 0 bridgehead atoms. The number of rotatable bonds is 8. The van der Waals surface area contributed by atoms with Crippen molar-refractivity contribution >= 4 is 23.2 Å². The summed E-state index contributed by atoms with van der Waals surface area (Å²) >= 11 is 0. The first-order chi connectivity index (χ1) is 19.8. The van der Waals surface area contributed by atoms with Crippen LogP contribution < -0.4 is 10.6 Å². The monoisotopic (exact) mass is 548 g/mol. The fourth-order valence-corrected chi connectivity index (χ4v) is 4.75. The molecule has 3 N–H and O–H groups in total. The molecule has 0 saturated carbocycles. The fraction of sp³-hybridized carbons (Fsp3) is 0.200. The van der Waals surface area contributed by atoms with Crippen LogP contribution in [0.4, 0.5) is 17.3 Å². The first kappa shape index (κ1) is 26.1. The largest absolute Gasteiger partial charge is 0.416 e. The third-order valence-electron chi connectivity index (χ3n) is 7.29. The Kier molecular flexibility index (Phi) is 6.64. The van der Waals surface area contributed by atoms with Gasteiger partial charge < -0.3 is 25.1 Å². The van der Waals surface area contributed by atoms with E-state index in [1.165, 1.54) is 0 Å². The fourth-order valence-electron chi connectivity index (χ4n) is 4.75. The van der Waals surface area contributed by atoms with Gasteiger partial charge in [0, 0.05) is 31.7 Å². The summed E-state index contributed by atoms with van der Waals surface area (Å²) in [6.45, 7) is 3.78. The summed E-state index contributed by atoms with van der Waals surface area (Å²) in [5.74, 6) is 1.57.